The van der Waals surface area contributed by atoms with Crippen molar-refractivity contribution in [2.24, 2.45) is 0 Å². The Morgan fingerprint density at radius 3 is 2.48 bits per heavy atom. The van der Waals surface area contributed by atoms with Crippen molar-refractivity contribution in [1.82, 2.24) is 9.88 Å². The minimum Gasteiger partial charge on any atom is -0.332 e. The van der Waals surface area contributed by atoms with E-state index in [-0.39, 0.29) is 5.56 Å². The van der Waals surface area contributed by atoms with Crippen molar-refractivity contribution in [2.75, 3.05) is 18.9 Å². The van der Waals surface area contributed by atoms with Crippen molar-refractivity contribution in [3.05, 3.63) is 64.1 Å². The largest absolute Gasteiger partial charge is 0.418 e. The summed E-state index contributed by atoms with van der Waals surface area (Å²) in [5.74, 6) is -1.54. The van der Waals surface area contributed by atoms with Crippen LogP contribution in [0.4, 0.5) is 18.9 Å². The standard InChI is InChI=1S/C16H14F3N3O3/c1-22(15(25)10-5-4-8-20-14(10)24)9-13(23)21-12-7-3-2-6-11(12)16(17,18)19/h2-8H,9H2,1H3,(H,20,24)(H,21,23). The van der Waals surface area contributed by atoms with Crippen LogP contribution >= 0.6 is 0 Å². The van der Waals surface area contributed by atoms with Gasteiger partial charge < -0.3 is 15.2 Å². The molecule has 0 bridgehead atoms. The second kappa shape index (κ2) is 7.20. The van der Waals surface area contributed by atoms with Crippen LogP contribution in [0.1, 0.15) is 15.9 Å². The number of para-hydroxylation sites is 1. The molecule has 2 N–H and O–H groups in total. The molecule has 0 radical (unpaired) electrons. The lowest BCUT2D eigenvalue weighted by molar-refractivity contribution is -0.137. The van der Waals surface area contributed by atoms with Gasteiger partial charge in [0, 0.05) is 13.2 Å². The lowest BCUT2D eigenvalue weighted by Gasteiger charge is -2.18. The molecule has 2 rings (SSSR count). The molecule has 1 aromatic carbocycles. The van der Waals surface area contributed by atoms with E-state index < -0.39 is 41.3 Å². The Balaban J connectivity index is 2.10. The normalized spacial score (nSPS) is 11.0. The molecule has 0 aliphatic rings. The Bertz CT molecular complexity index is 846. The second-order valence-electron chi connectivity index (χ2n) is 5.17. The fraction of sp³-hybridized carbons (Fsp3) is 0.188. The predicted octanol–water partition coefficient (Wildman–Crippen LogP) is 2.10. The highest BCUT2D eigenvalue weighted by molar-refractivity contribution is 5.99. The molecule has 0 spiro atoms. The maximum Gasteiger partial charge on any atom is 0.418 e. The Morgan fingerprint density at radius 1 is 1.16 bits per heavy atom. The maximum atomic E-state index is 12.9. The van der Waals surface area contributed by atoms with Crippen LogP contribution in [0.25, 0.3) is 0 Å². The summed E-state index contributed by atoms with van der Waals surface area (Å²) in [6.07, 6.45) is -3.27. The lowest BCUT2D eigenvalue weighted by Crippen LogP contribution is -2.37. The van der Waals surface area contributed by atoms with Gasteiger partial charge in [0.2, 0.25) is 5.91 Å². The molecule has 0 aliphatic heterocycles. The first-order valence-electron chi connectivity index (χ1n) is 7.09. The van der Waals surface area contributed by atoms with Crippen LogP contribution in [0.5, 0.6) is 0 Å². The quantitative estimate of drug-likeness (QED) is 0.883. The van der Waals surface area contributed by atoms with E-state index in [1.165, 1.54) is 37.5 Å². The predicted molar refractivity (Wildman–Crippen MR) is 84.1 cm³/mol. The Hall–Kier alpha value is -3.10. The van der Waals surface area contributed by atoms with Crippen LogP contribution in [-0.4, -0.2) is 35.3 Å². The molecule has 0 atom stereocenters. The molecular weight excluding hydrogens is 339 g/mol. The van der Waals surface area contributed by atoms with Gasteiger partial charge in [0.25, 0.3) is 11.5 Å². The number of amides is 2. The van der Waals surface area contributed by atoms with Crippen molar-refractivity contribution in [1.29, 1.82) is 0 Å². The van der Waals surface area contributed by atoms with Crippen LogP contribution in [-0.2, 0) is 11.0 Å². The van der Waals surface area contributed by atoms with Crippen molar-refractivity contribution in [3.8, 4) is 0 Å². The number of anilines is 1. The van der Waals surface area contributed by atoms with Gasteiger partial charge in [-0.2, -0.15) is 13.2 Å². The molecule has 2 amide bonds. The average molecular weight is 353 g/mol. The third-order valence-corrected chi connectivity index (χ3v) is 3.28. The number of nitrogens with zero attached hydrogens (tertiary/aromatic N) is 1. The van der Waals surface area contributed by atoms with Crippen molar-refractivity contribution < 1.29 is 22.8 Å². The molecule has 6 nitrogen and oxygen atoms in total. The number of pyridine rings is 1. The first-order valence-corrected chi connectivity index (χ1v) is 7.09. The number of rotatable bonds is 4. The Morgan fingerprint density at radius 2 is 1.84 bits per heavy atom. The van der Waals surface area contributed by atoms with Crippen molar-refractivity contribution in [3.63, 3.8) is 0 Å². The first-order chi connectivity index (χ1) is 11.7. The van der Waals surface area contributed by atoms with E-state index in [1.807, 2.05) is 0 Å². The molecule has 1 aromatic heterocycles. The molecule has 2 aromatic rings. The number of benzene rings is 1. The summed E-state index contributed by atoms with van der Waals surface area (Å²) >= 11 is 0. The number of carbonyl (C=O) groups excluding carboxylic acids is 2. The fourth-order valence-corrected chi connectivity index (χ4v) is 2.11. The van der Waals surface area contributed by atoms with Crippen LogP contribution < -0.4 is 10.9 Å². The van der Waals surface area contributed by atoms with E-state index in [2.05, 4.69) is 10.3 Å². The summed E-state index contributed by atoms with van der Waals surface area (Å²) in [4.78, 5) is 38.9. The molecule has 0 unspecified atom stereocenters. The molecule has 132 valence electrons. The smallest absolute Gasteiger partial charge is 0.332 e. The van der Waals surface area contributed by atoms with E-state index in [1.54, 1.807) is 0 Å². The lowest BCUT2D eigenvalue weighted by atomic mass is 10.1. The zero-order chi connectivity index (χ0) is 18.6. The van der Waals surface area contributed by atoms with Gasteiger partial charge in [-0.05, 0) is 24.3 Å². The van der Waals surface area contributed by atoms with E-state index in [0.717, 1.165) is 17.0 Å². The van der Waals surface area contributed by atoms with Gasteiger partial charge in [0.05, 0.1) is 17.8 Å². The molecular formula is C16H14F3N3O3. The van der Waals surface area contributed by atoms with Crippen molar-refractivity contribution >= 4 is 17.5 Å². The SMILES string of the molecule is CN(CC(=O)Nc1ccccc1C(F)(F)F)C(=O)c1ccc[nH]c1=O. The summed E-state index contributed by atoms with van der Waals surface area (Å²) in [6, 6.07) is 7.24. The van der Waals surface area contributed by atoms with Crippen LogP contribution in [0, 0.1) is 0 Å². The number of nitrogens with one attached hydrogen (secondary N) is 2. The van der Waals surface area contributed by atoms with Gasteiger partial charge >= 0.3 is 6.18 Å². The molecule has 0 saturated heterocycles. The molecule has 0 aliphatic carbocycles. The number of alkyl halides is 3. The monoisotopic (exact) mass is 353 g/mol. The number of aromatic nitrogens is 1. The molecule has 25 heavy (non-hydrogen) atoms. The van der Waals surface area contributed by atoms with E-state index in [0.29, 0.717) is 0 Å². The van der Waals surface area contributed by atoms with Gasteiger partial charge in [-0.15, -0.1) is 0 Å². The first kappa shape index (κ1) is 18.2. The topological polar surface area (TPSA) is 82.3 Å². The average Bonchev–Trinajstić information content (AvgIpc) is 2.54. The minimum atomic E-state index is -4.62. The maximum absolute atomic E-state index is 12.9. The van der Waals surface area contributed by atoms with Crippen LogP contribution in [0.2, 0.25) is 0 Å². The summed E-state index contributed by atoms with van der Waals surface area (Å²) < 4.78 is 38.7. The second-order valence-corrected chi connectivity index (χ2v) is 5.17. The fourth-order valence-electron chi connectivity index (χ4n) is 2.11. The number of aromatic amines is 1. The van der Waals surface area contributed by atoms with Crippen LogP contribution in [0.15, 0.2) is 47.4 Å². The highest BCUT2D eigenvalue weighted by Gasteiger charge is 2.33. The highest BCUT2D eigenvalue weighted by Crippen LogP contribution is 2.34. The van der Waals surface area contributed by atoms with Gasteiger partial charge in [-0.1, -0.05) is 12.1 Å². The summed E-state index contributed by atoms with van der Waals surface area (Å²) in [5.41, 5.74) is -2.19. The zero-order valence-electron chi connectivity index (χ0n) is 13.1. The number of hydrogen-bond donors (Lipinski definition) is 2. The molecule has 1 heterocycles. The number of hydrogen-bond acceptors (Lipinski definition) is 3. The van der Waals surface area contributed by atoms with Crippen LogP contribution in [0.3, 0.4) is 0 Å². The van der Waals surface area contributed by atoms with Gasteiger partial charge in [-0.25, -0.2) is 0 Å². The van der Waals surface area contributed by atoms with Gasteiger partial charge in [0.15, 0.2) is 0 Å². The molecule has 9 heteroatoms. The zero-order valence-corrected chi connectivity index (χ0v) is 13.1. The number of carbonyl (C=O) groups is 2. The minimum absolute atomic E-state index is 0.173. The third kappa shape index (κ3) is 4.46. The highest BCUT2D eigenvalue weighted by atomic mass is 19.4. The summed E-state index contributed by atoms with van der Waals surface area (Å²) in [6.45, 7) is -0.515. The van der Waals surface area contributed by atoms with E-state index in [9.17, 15) is 27.6 Å². The third-order valence-electron chi connectivity index (χ3n) is 3.28. The van der Waals surface area contributed by atoms with E-state index in [4.69, 9.17) is 0 Å². The van der Waals surface area contributed by atoms with Gasteiger partial charge in [0.1, 0.15) is 5.56 Å². The van der Waals surface area contributed by atoms with Gasteiger partial charge in [-0.3, -0.25) is 14.4 Å². The van der Waals surface area contributed by atoms with Crippen molar-refractivity contribution in [2.45, 2.75) is 6.18 Å². The number of halogens is 3. The molecule has 0 fully saturated rings. The Kier molecular flexibility index (Phi) is 5.26. The summed E-state index contributed by atoms with van der Waals surface area (Å²) in [7, 11) is 1.27. The molecule has 0 saturated carbocycles. The number of H-pyrrole nitrogens is 1. The summed E-state index contributed by atoms with van der Waals surface area (Å²) in [5, 5.41) is 2.13. The Labute approximate surface area is 140 Å². The van der Waals surface area contributed by atoms with E-state index >= 15 is 0 Å². The number of likely N-dealkylation sites (N-methyl/N-ethyl adjacent to an activating group) is 1.